The van der Waals surface area contributed by atoms with E-state index in [9.17, 15) is 4.79 Å². The van der Waals surface area contributed by atoms with Crippen molar-refractivity contribution in [3.8, 4) is 0 Å². The highest BCUT2D eigenvalue weighted by atomic mass is 32.1. The van der Waals surface area contributed by atoms with Crippen LogP contribution in [0, 0.1) is 0 Å². The van der Waals surface area contributed by atoms with Gasteiger partial charge in [-0.1, -0.05) is 6.07 Å². The minimum atomic E-state index is -0.0344. The van der Waals surface area contributed by atoms with Crippen LogP contribution in [0.25, 0.3) is 0 Å². The van der Waals surface area contributed by atoms with Gasteiger partial charge in [-0.25, -0.2) is 4.79 Å². The number of hydrogen-bond donors (Lipinski definition) is 1. The number of likely N-dealkylation sites (N-methyl/N-ethyl adjacent to an activating group) is 1. The van der Waals surface area contributed by atoms with Gasteiger partial charge in [-0.2, -0.15) is 0 Å². The van der Waals surface area contributed by atoms with Crippen molar-refractivity contribution >= 4 is 17.4 Å². The van der Waals surface area contributed by atoms with E-state index in [-0.39, 0.29) is 6.03 Å². The molecule has 0 radical (unpaired) electrons. The summed E-state index contributed by atoms with van der Waals surface area (Å²) in [5, 5.41) is 5.16. The molecule has 21 heavy (non-hydrogen) atoms. The molecule has 6 heteroatoms. The normalized spacial score (nSPS) is 16.9. The van der Waals surface area contributed by atoms with Crippen LogP contribution in [-0.4, -0.2) is 62.8 Å². The molecule has 0 aromatic carbocycles. The molecule has 2 rings (SSSR count). The summed E-state index contributed by atoms with van der Waals surface area (Å²) in [6.45, 7) is 4.08. The molecule has 1 aromatic rings. The van der Waals surface area contributed by atoms with Gasteiger partial charge < -0.3 is 15.0 Å². The zero-order valence-corrected chi connectivity index (χ0v) is 13.7. The van der Waals surface area contributed by atoms with Crippen LogP contribution >= 0.6 is 11.3 Å². The fourth-order valence-corrected chi connectivity index (χ4v) is 3.45. The summed E-state index contributed by atoms with van der Waals surface area (Å²) in [6.07, 6.45) is 2.51. The number of thiophene rings is 1. The van der Waals surface area contributed by atoms with E-state index in [1.807, 2.05) is 0 Å². The molecule has 5 nitrogen and oxygen atoms in total. The van der Waals surface area contributed by atoms with E-state index < -0.39 is 0 Å². The number of carbonyl (C=O) groups is 1. The molecule has 0 saturated carbocycles. The molecule has 0 spiro atoms. The third-order valence-electron chi connectivity index (χ3n) is 3.88. The molecule has 2 heterocycles. The second-order valence-electron chi connectivity index (χ2n) is 5.37. The molecule has 118 valence electrons. The molecule has 1 fully saturated rings. The number of nitrogens with one attached hydrogen (secondary N) is 1. The van der Waals surface area contributed by atoms with Gasteiger partial charge in [0, 0.05) is 32.1 Å². The Bertz CT molecular complexity index is 419. The molecule has 1 unspecified atom stereocenters. The number of rotatable bonds is 7. The van der Waals surface area contributed by atoms with Crippen molar-refractivity contribution in [2.75, 3.05) is 46.9 Å². The number of urea groups is 1. The van der Waals surface area contributed by atoms with Gasteiger partial charge in [0.2, 0.25) is 0 Å². The highest BCUT2D eigenvalue weighted by Crippen LogP contribution is 2.27. The van der Waals surface area contributed by atoms with Crippen LogP contribution in [0.5, 0.6) is 0 Å². The van der Waals surface area contributed by atoms with Crippen LogP contribution in [0.1, 0.15) is 23.8 Å². The predicted molar refractivity (Wildman–Crippen MR) is 85.8 cm³/mol. The Hall–Kier alpha value is -1.11. The molecular weight excluding hydrogens is 286 g/mol. The molecule has 0 aliphatic carbocycles. The Kier molecular flexibility index (Phi) is 6.48. The van der Waals surface area contributed by atoms with E-state index in [1.165, 1.54) is 17.7 Å². The van der Waals surface area contributed by atoms with E-state index in [4.69, 9.17) is 4.74 Å². The number of carbonyl (C=O) groups excluding carboxylic acids is 1. The van der Waals surface area contributed by atoms with Crippen LogP contribution in [0.2, 0.25) is 0 Å². The number of likely N-dealkylation sites (tertiary alicyclic amines) is 1. The molecule has 1 aromatic heterocycles. The van der Waals surface area contributed by atoms with E-state index >= 15 is 0 Å². The molecule has 1 N–H and O–H groups in total. The van der Waals surface area contributed by atoms with Crippen LogP contribution in [0.3, 0.4) is 0 Å². The van der Waals surface area contributed by atoms with Gasteiger partial charge in [-0.3, -0.25) is 4.90 Å². The van der Waals surface area contributed by atoms with Crippen molar-refractivity contribution in [1.82, 2.24) is 15.1 Å². The van der Waals surface area contributed by atoms with Crippen molar-refractivity contribution in [2.45, 2.75) is 18.9 Å². The van der Waals surface area contributed by atoms with Crippen molar-refractivity contribution in [2.24, 2.45) is 0 Å². The minimum absolute atomic E-state index is 0.0344. The van der Waals surface area contributed by atoms with Crippen molar-refractivity contribution < 1.29 is 9.53 Å². The molecular formula is C15H25N3O2S. The van der Waals surface area contributed by atoms with Crippen molar-refractivity contribution in [3.05, 3.63) is 22.4 Å². The lowest BCUT2D eigenvalue weighted by molar-refractivity contribution is 0.157. The Balaban J connectivity index is 1.88. The van der Waals surface area contributed by atoms with Crippen LogP contribution < -0.4 is 5.32 Å². The first-order valence-corrected chi connectivity index (χ1v) is 8.35. The number of methoxy groups -OCH3 is 1. The fourth-order valence-electron chi connectivity index (χ4n) is 2.59. The van der Waals surface area contributed by atoms with E-state index in [1.54, 1.807) is 30.4 Å². The average molecular weight is 311 g/mol. The summed E-state index contributed by atoms with van der Waals surface area (Å²) in [6, 6.07) is 4.50. The van der Waals surface area contributed by atoms with Crippen molar-refractivity contribution in [1.29, 1.82) is 0 Å². The Morgan fingerprint density at radius 2 is 2.29 bits per heavy atom. The van der Waals surface area contributed by atoms with Gasteiger partial charge in [0.1, 0.15) is 0 Å². The maximum absolute atomic E-state index is 12.1. The highest BCUT2D eigenvalue weighted by molar-refractivity contribution is 7.10. The molecule has 1 aliphatic rings. The van der Waals surface area contributed by atoms with Crippen LogP contribution in [-0.2, 0) is 4.74 Å². The maximum atomic E-state index is 12.1. The summed E-state index contributed by atoms with van der Waals surface area (Å²) in [5.74, 6) is 0. The smallest absolute Gasteiger partial charge is 0.317 e. The molecule has 1 atom stereocenters. The fraction of sp³-hybridized carbons (Fsp3) is 0.667. The van der Waals surface area contributed by atoms with E-state index in [0.29, 0.717) is 25.7 Å². The molecule has 2 amide bonds. The van der Waals surface area contributed by atoms with E-state index in [2.05, 4.69) is 27.7 Å². The lowest BCUT2D eigenvalue weighted by Gasteiger charge is -2.28. The van der Waals surface area contributed by atoms with Gasteiger partial charge in [0.15, 0.2) is 0 Å². The Labute approximate surface area is 130 Å². The molecule has 0 bridgehead atoms. The number of nitrogens with zero attached hydrogens (tertiary/aromatic N) is 2. The van der Waals surface area contributed by atoms with Gasteiger partial charge in [0.05, 0.1) is 12.6 Å². The number of amides is 2. The van der Waals surface area contributed by atoms with E-state index in [0.717, 1.165) is 13.1 Å². The second-order valence-corrected chi connectivity index (χ2v) is 6.35. The lowest BCUT2D eigenvalue weighted by Crippen LogP contribution is -2.43. The van der Waals surface area contributed by atoms with Crippen molar-refractivity contribution in [3.63, 3.8) is 0 Å². The summed E-state index contributed by atoms with van der Waals surface area (Å²) >= 11 is 1.77. The van der Waals surface area contributed by atoms with Gasteiger partial charge >= 0.3 is 6.03 Å². The third-order valence-corrected chi connectivity index (χ3v) is 4.85. The molecule has 1 aliphatic heterocycles. The maximum Gasteiger partial charge on any atom is 0.317 e. The largest absolute Gasteiger partial charge is 0.383 e. The summed E-state index contributed by atoms with van der Waals surface area (Å²) < 4.78 is 5.00. The second kappa shape index (κ2) is 8.36. The first-order valence-electron chi connectivity index (χ1n) is 7.47. The predicted octanol–water partition coefficient (Wildman–Crippen LogP) is 2.17. The quantitative estimate of drug-likeness (QED) is 0.839. The standard InChI is InChI=1S/C15H25N3O2S/c1-17(9-10-20-2)15(19)16-12-13(14-6-5-11-21-14)18-7-3-4-8-18/h5-6,11,13H,3-4,7-10,12H2,1-2H3,(H,16,19). The molecule has 1 saturated heterocycles. The third kappa shape index (κ3) is 4.69. The number of hydrogen-bond acceptors (Lipinski definition) is 4. The zero-order chi connectivity index (χ0) is 15.1. The zero-order valence-electron chi connectivity index (χ0n) is 12.9. The summed E-state index contributed by atoms with van der Waals surface area (Å²) in [4.78, 5) is 17.6. The Morgan fingerprint density at radius 3 is 2.90 bits per heavy atom. The van der Waals surface area contributed by atoms with Crippen LogP contribution in [0.15, 0.2) is 17.5 Å². The summed E-state index contributed by atoms with van der Waals surface area (Å²) in [5.41, 5.74) is 0. The van der Waals surface area contributed by atoms with Crippen LogP contribution in [0.4, 0.5) is 4.79 Å². The Morgan fingerprint density at radius 1 is 1.52 bits per heavy atom. The van der Waals surface area contributed by atoms with Gasteiger partial charge in [0.25, 0.3) is 0 Å². The minimum Gasteiger partial charge on any atom is -0.383 e. The first-order chi connectivity index (χ1) is 10.2. The van der Waals surface area contributed by atoms with Gasteiger partial charge in [-0.05, 0) is 37.4 Å². The summed E-state index contributed by atoms with van der Waals surface area (Å²) in [7, 11) is 3.44. The average Bonchev–Trinajstić information content (AvgIpc) is 3.18. The lowest BCUT2D eigenvalue weighted by atomic mass is 10.2. The first kappa shape index (κ1) is 16.3. The van der Waals surface area contributed by atoms with Gasteiger partial charge in [-0.15, -0.1) is 11.3 Å². The monoisotopic (exact) mass is 311 g/mol. The SMILES string of the molecule is COCCN(C)C(=O)NCC(c1cccs1)N1CCCC1. The number of ether oxygens (including phenoxy) is 1. The highest BCUT2D eigenvalue weighted by Gasteiger charge is 2.25. The topological polar surface area (TPSA) is 44.8 Å².